The third-order valence-corrected chi connectivity index (χ3v) is 4.92. The average Bonchev–Trinajstić information content (AvgIpc) is 3.04. The molecule has 128 valence electrons. The minimum absolute atomic E-state index is 0.0491. The molecule has 0 radical (unpaired) electrons. The van der Waals surface area contributed by atoms with Gasteiger partial charge in [-0.05, 0) is 23.8 Å². The van der Waals surface area contributed by atoms with Gasteiger partial charge < -0.3 is 14.6 Å². The Balaban J connectivity index is 1.57. The molecule has 1 saturated heterocycles. The van der Waals surface area contributed by atoms with Gasteiger partial charge in [-0.1, -0.05) is 35.9 Å². The Hall–Kier alpha value is -2.37. The molecule has 0 saturated carbocycles. The Morgan fingerprint density at radius 2 is 2.08 bits per heavy atom. The van der Waals surface area contributed by atoms with Crippen LogP contribution in [-0.2, 0) is 11.2 Å². The standard InChI is InChI=1S/C19H19ClN4O/c20-16-6-2-1-5-15(16)17-12-21-8-10-24(17)19(25)11-14-13-23-9-4-3-7-18(23)22-14/h1-7,9,13,17,21H,8,10-12H2. The number of aromatic nitrogens is 2. The van der Waals surface area contributed by atoms with E-state index < -0.39 is 0 Å². The van der Waals surface area contributed by atoms with Crippen LogP contribution >= 0.6 is 11.6 Å². The van der Waals surface area contributed by atoms with E-state index in [0.29, 0.717) is 24.5 Å². The zero-order valence-corrected chi connectivity index (χ0v) is 14.5. The molecule has 0 aliphatic carbocycles. The first-order chi connectivity index (χ1) is 12.2. The molecule has 1 aliphatic rings. The van der Waals surface area contributed by atoms with Crippen LogP contribution in [0.25, 0.3) is 5.65 Å². The van der Waals surface area contributed by atoms with Gasteiger partial charge in [0.25, 0.3) is 0 Å². The van der Waals surface area contributed by atoms with Crippen molar-refractivity contribution in [3.63, 3.8) is 0 Å². The number of fused-ring (bicyclic) bond motifs is 1. The topological polar surface area (TPSA) is 49.6 Å². The molecule has 1 amide bonds. The van der Waals surface area contributed by atoms with Crippen LogP contribution in [0.15, 0.2) is 54.9 Å². The molecule has 5 nitrogen and oxygen atoms in total. The van der Waals surface area contributed by atoms with E-state index in [-0.39, 0.29) is 11.9 Å². The zero-order chi connectivity index (χ0) is 17.2. The lowest BCUT2D eigenvalue weighted by Gasteiger charge is -2.37. The molecule has 1 fully saturated rings. The van der Waals surface area contributed by atoms with Crippen molar-refractivity contribution in [3.8, 4) is 0 Å². The highest BCUT2D eigenvalue weighted by Crippen LogP contribution is 2.28. The monoisotopic (exact) mass is 354 g/mol. The van der Waals surface area contributed by atoms with Crippen molar-refractivity contribution in [1.82, 2.24) is 19.6 Å². The Morgan fingerprint density at radius 3 is 2.92 bits per heavy atom. The van der Waals surface area contributed by atoms with Crippen molar-refractivity contribution in [3.05, 3.63) is 71.1 Å². The van der Waals surface area contributed by atoms with E-state index in [1.54, 1.807) is 0 Å². The molecule has 25 heavy (non-hydrogen) atoms. The van der Waals surface area contributed by atoms with Gasteiger partial charge in [-0.25, -0.2) is 4.98 Å². The lowest BCUT2D eigenvalue weighted by Crippen LogP contribution is -2.49. The van der Waals surface area contributed by atoms with Crippen LogP contribution in [0.5, 0.6) is 0 Å². The van der Waals surface area contributed by atoms with Crippen molar-refractivity contribution in [2.45, 2.75) is 12.5 Å². The Bertz CT molecular complexity index is 874. The van der Waals surface area contributed by atoms with Gasteiger partial charge in [0.2, 0.25) is 5.91 Å². The lowest BCUT2D eigenvalue weighted by molar-refractivity contribution is -0.133. The summed E-state index contributed by atoms with van der Waals surface area (Å²) in [5, 5.41) is 4.05. The molecule has 1 atom stereocenters. The molecule has 0 bridgehead atoms. The van der Waals surface area contributed by atoms with E-state index in [0.717, 1.165) is 23.4 Å². The van der Waals surface area contributed by atoms with E-state index in [4.69, 9.17) is 11.6 Å². The second-order valence-corrected chi connectivity index (χ2v) is 6.61. The number of halogens is 1. The summed E-state index contributed by atoms with van der Waals surface area (Å²) in [6.45, 7) is 2.17. The molecular formula is C19H19ClN4O. The number of carbonyl (C=O) groups is 1. The Kier molecular flexibility index (Phi) is 4.42. The summed E-state index contributed by atoms with van der Waals surface area (Å²) < 4.78 is 1.94. The molecule has 6 heteroatoms. The number of hydrogen-bond donors (Lipinski definition) is 1. The highest BCUT2D eigenvalue weighted by Gasteiger charge is 2.29. The number of nitrogens with zero attached hydrogens (tertiary/aromatic N) is 3. The van der Waals surface area contributed by atoms with Gasteiger partial charge >= 0.3 is 0 Å². The highest BCUT2D eigenvalue weighted by molar-refractivity contribution is 6.31. The molecule has 1 unspecified atom stereocenters. The summed E-state index contributed by atoms with van der Waals surface area (Å²) in [6, 6.07) is 13.5. The molecule has 3 aromatic rings. The molecule has 3 heterocycles. The highest BCUT2D eigenvalue weighted by atomic mass is 35.5. The molecule has 1 aliphatic heterocycles. The minimum atomic E-state index is -0.0491. The first-order valence-electron chi connectivity index (χ1n) is 8.39. The predicted molar refractivity (Wildman–Crippen MR) is 97.7 cm³/mol. The molecule has 2 aromatic heterocycles. The fourth-order valence-corrected chi connectivity index (χ4v) is 3.62. The number of amides is 1. The summed E-state index contributed by atoms with van der Waals surface area (Å²) in [7, 11) is 0. The van der Waals surface area contributed by atoms with Crippen LogP contribution in [0.3, 0.4) is 0 Å². The smallest absolute Gasteiger partial charge is 0.229 e. The fourth-order valence-electron chi connectivity index (χ4n) is 3.35. The molecular weight excluding hydrogens is 336 g/mol. The summed E-state index contributed by atoms with van der Waals surface area (Å²) in [4.78, 5) is 19.4. The minimum Gasteiger partial charge on any atom is -0.333 e. The van der Waals surface area contributed by atoms with Gasteiger partial charge in [-0.3, -0.25) is 4.79 Å². The summed E-state index contributed by atoms with van der Waals surface area (Å²) in [5.74, 6) is 0.0785. The maximum Gasteiger partial charge on any atom is 0.229 e. The van der Waals surface area contributed by atoms with E-state index in [1.807, 2.05) is 64.2 Å². The lowest BCUT2D eigenvalue weighted by atomic mass is 10.0. The van der Waals surface area contributed by atoms with Crippen LogP contribution in [0.2, 0.25) is 5.02 Å². The Labute approximate surface area is 151 Å². The maximum absolute atomic E-state index is 12.9. The number of pyridine rings is 1. The van der Waals surface area contributed by atoms with Crippen LogP contribution < -0.4 is 5.32 Å². The SMILES string of the molecule is O=C(Cc1cn2ccccc2n1)N1CCNCC1c1ccccc1Cl. The van der Waals surface area contributed by atoms with Gasteiger partial charge in [0.15, 0.2) is 0 Å². The van der Waals surface area contributed by atoms with Crippen molar-refractivity contribution in [2.75, 3.05) is 19.6 Å². The molecule has 4 rings (SSSR count). The fraction of sp³-hybridized carbons (Fsp3) is 0.263. The van der Waals surface area contributed by atoms with Crippen molar-refractivity contribution < 1.29 is 4.79 Å². The number of imidazole rings is 1. The van der Waals surface area contributed by atoms with Gasteiger partial charge in [0.05, 0.1) is 18.2 Å². The van der Waals surface area contributed by atoms with Gasteiger partial charge in [-0.2, -0.15) is 0 Å². The molecule has 1 N–H and O–H groups in total. The third kappa shape index (κ3) is 3.25. The van der Waals surface area contributed by atoms with Gasteiger partial charge in [0, 0.05) is 37.1 Å². The number of carbonyl (C=O) groups excluding carboxylic acids is 1. The van der Waals surface area contributed by atoms with E-state index in [1.165, 1.54) is 0 Å². The molecule has 1 aromatic carbocycles. The van der Waals surface area contributed by atoms with Crippen LogP contribution in [0.1, 0.15) is 17.3 Å². The van der Waals surface area contributed by atoms with Crippen molar-refractivity contribution in [2.24, 2.45) is 0 Å². The van der Waals surface area contributed by atoms with Gasteiger partial charge in [-0.15, -0.1) is 0 Å². The molecule has 0 spiro atoms. The third-order valence-electron chi connectivity index (χ3n) is 4.57. The predicted octanol–water partition coefficient (Wildman–Crippen LogP) is 2.70. The second-order valence-electron chi connectivity index (χ2n) is 6.20. The summed E-state index contributed by atoms with van der Waals surface area (Å²) in [5.41, 5.74) is 2.63. The first-order valence-corrected chi connectivity index (χ1v) is 8.77. The van der Waals surface area contributed by atoms with E-state index in [2.05, 4.69) is 10.3 Å². The van der Waals surface area contributed by atoms with Crippen LogP contribution in [0, 0.1) is 0 Å². The number of hydrogen-bond acceptors (Lipinski definition) is 3. The quantitative estimate of drug-likeness (QED) is 0.786. The van der Waals surface area contributed by atoms with Gasteiger partial charge in [0.1, 0.15) is 5.65 Å². The normalized spacial score (nSPS) is 17.8. The van der Waals surface area contributed by atoms with Crippen LogP contribution in [-0.4, -0.2) is 39.8 Å². The summed E-state index contributed by atoms with van der Waals surface area (Å²) in [6.07, 6.45) is 4.15. The largest absolute Gasteiger partial charge is 0.333 e. The second kappa shape index (κ2) is 6.86. The zero-order valence-electron chi connectivity index (χ0n) is 13.7. The summed E-state index contributed by atoms with van der Waals surface area (Å²) >= 11 is 6.36. The van der Waals surface area contributed by atoms with Crippen molar-refractivity contribution in [1.29, 1.82) is 0 Å². The first kappa shape index (κ1) is 16.1. The number of benzene rings is 1. The van der Waals surface area contributed by atoms with E-state index >= 15 is 0 Å². The number of rotatable bonds is 3. The number of nitrogens with one attached hydrogen (secondary N) is 1. The number of piperazine rings is 1. The Morgan fingerprint density at radius 1 is 1.24 bits per heavy atom. The average molecular weight is 355 g/mol. The maximum atomic E-state index is 12.9. The van der Waals surface area contributed by atoms with Crippen LogP contribution in [0.4, 0.5) is 0 Å². The van der Waals surface area contributed by atoms with Crippen molar-refractivity contribution >= 4 is 23.2 Å². The van der Waals surface area contributed by atoms with E-state index in [9.17, 15) is 4.79 Å².